The molecule has 112 valence electrons. The van der Waals surface area contributed by atoms with Crippen LogP contribution in [0.2, 0.25) is 0 Å². The summed E-state index contributed by atoms with van der Waals surface area (Å²) in [6, 6.07) is 24.2. The van der Waals surface area contributed by atoms with Gasteiger partial charge < -0.3 is 0 Å². The summed E-state index contributed by atoms with van der Waals surface area (Å²) in [5.74, 6) is 0. The first-order valence-electron chi connectivity index (χ1n) is 7.28. The lowest BCUT2D eigenvalue weighted by molar-refractivity contribution is 0.825. The lowest BCUT2D eigenvalue weighted by atomic mass is 10.3. The summed E-state index contributed by atoms with van der Waals surface area (Å²) in [6.45, 7) is 0. The fraction of sp³-hybridized carbons (Fsp3) is 0. The third kappa shape index (κ3) is 3.05. The second-order valence-corrected chi connectivity index (χ2v) is 6.01. The highest BCUT2D eigenvalue weighted by Crippen LogP contribution is 2.25. The van der Waals surface area contributed by atoms with Gasteiger partial charge in [0, 0.05) is 12.4 Å². The van der Waals surface area contributed by atoms with E-state index in [4.69, 9.17) is 0 Å². The van der Waals surface area contributed by atoms with E-state index < -0.39 is 0 Å². The van der Waals surface area contributed by atoms with Crippen LogP contribution in [0.5, 0.6) is 0 Å². The number of rotatable bonds is 4. The molecule has 0 N–H and O–H groups in total. The molecule has 0 aliphatic rings. The van der Waals surface area contributed by atoms with Gasteiger partial charge in [-0.25, -0.2) is 9.36 Å². The molecule has 0 fully saturated rings. The minimum Gasteiger partial charge on any atom is -0.240 e. The molecule has 4 aromatic rings. The fourth-order valence-electron chi connectivity index (χ4n) is 2.28. The van der Waals surface area contributed by atoms with Crippen molar-refractivity contribution in [3.8, 4) is 11.4 Å². The predicted molar refractivity (Wildman–Crippen MR) is 91.3 cm³/mol. The van der Waals surface area contributed by atoms with E-state index in [-0.39, 0.29) is 0 Å². The number of hydrogen-bond donors (Lipinski definition) is 0. The third-order valence-electron chi connectivity index (χ3n) is 3.38. The summed E-state index contributed by atoms with van der Waals surface area (Å²) in [4.78, 5) is 0. The van der Waals surface area contributed by atoms with Gasteiger partial charge in [0.05, 0.1) is 11.4 Å². The molecule has 0 amide bonds. The number of benzene rings is 2. The first-order valence-corrected chi connectivity index (χ1v) is 8.10. The van der Waals surface area contributed by atoms with Crippen LogP contribution >= 0.6 is 11.8 Å². The summed E-state index contributed by atoms with van der Waals surface area (Å²) in [7, 11) is 0. The number of hydrogen-bond acceptors (Lipinski definition) is 3. The van der Waals surface area contributed by atoms with Gasteiger partial charge in [-0.15, -0.1) is 0 Å². The minimum absolute atomic E-state index is 0.923. The molecule has 2 aromatic heterocycles. The Balaban J connectivity index is 1.53. The normalized spacial score (nSPS) is 10.8. The molecule has 0 saturated heterocycles. The summed E-state index contributed by atoms with van der Waals surface area (Å²) >= 11 is 1.55. The molecule has 2 aromatic carbocycles. The second kappa shape index (κ2) is 6.14. The van der Waals surface area contributed by atoms with E-state index in [0.717, 1.165) is 21.4 Å². The lowest BCUT2D eigenvalue weighted by Gasteiger charge is -2.00. The SMILES string of the molecule is c1ccc(-n2ccc(Sc3ccn(-c4ccccc4)n3)n2)cc1. The first-order chi connectivity index (χ1) is 11.4. The van der Waals surface area contributed by atoms with Gasteiger partial charge >= 0.3 is 0 Å². The van der Waals surface area contributed by atoms with Crippen LogP contribution in [0.3, 0.4) is 0 Å². The van der Waals surface area contributed by atoms with Crippen molar-refractivity contribution in [2.45, 2.75) is 10.1 Å². The Kier molecular flexibility index (Phi) is 3.70. The molecule has 23 heavy (non-hydrogen) atoms. The van der Waals surface area contributed by atoms with E-state index in [0.29, 0.717) is 0 Å². The first kappa shape index (κ1) is 13.8. The Morgan fingerprint density at radius 2 is 1.00 bits per heavy atom. The maximum Gasteiger partial charge on any atom is 0.125 e. The molecule has 2 heterocycles. The number of nitrogens with zero attached hydrogens (tertiary/aromatic N) is 4. The van der Waals surface area contributed by atoms with Crippen LogP contribution in [0.15, 0.2) is 95.2 Å². The Labute approximate surface area is 138 Å². The summed E-state index contributed by atoms with van der Waals surface area (Å²) in [5.41, 5.74) is 2.10. The van der Waals surface area contributed by atoms with Crippen molar-refractivity contribution in [3.63, 3.8) is 0 Å². The van der Waals surface area contributed by atoms with E-state index in [9.17, 15) is 0 Å². The predicted octanol–water partition coefficient (Wildman–Crippen LogP) is 4.21. The van der Waals surface area contributed by atoms with Crippen molar-refractivity contribution in [3.05, 3.63) is 85.2 Å². The molecule has 0 atom stereocenters. The average molecular weight is 318 g/mol. The van der Waals surface area contributed by atoms with Gasteiger partial charge in [-0.1, -0.05) is 36.4 Å². The zero-order valence-corrected chi connectivity index (χ0v) is 13.1. The van der Waals surface area contributed by atoms with Crippen LogP contribution in [0.25, 0.3) is 11.4 Å². The van der Waals surface area contributed by atoms with Crippen LogP contribution in [0.1, 0.15) is 0 Å². The fourth-order valence-corrected chi connectivity index (χ4v) is 3.01. The van der Waals surface area contributed by atoms with Gasteiger partial charge in [0.15, 0.2) is 0 Å². The number of para-hydroxylation sites is 2. The highest BCUT2D eigenvalue weighted by Gasteiger charge is 2.06. The van der Waals surface area contributed by atoms with Crippen LogP contribution in [0, 0.1) is 0 Å². The van der Waals surface area contributed by atoms with Crippen LogP contribution in [-0.4, -0.2) is 19.6 Å². The topological polar surface area (TPSA) is 35.6 Å². The van der Waals surface area contributed by atoms with Gasteiger partial charge in [0.2, 0.25) is 0 Å². The van der Waals surface area contributed by atoms with Gasteiger partial charge in [-0.05, 0) is 48.2 Å². The summed E-state index contributed by atoms with van der Waals surface area (Å²) in [5, 5.41) is 11.0. The van der Waals surface area contributed by atoms with Gasteiger partial charge in [-0.2, -0.15) is 10.2 Å². The molecule has 0 aliphatic heterocycles. The molecule has 0 bridgehead atoms. The Morgan fingerprint density at radius 3 is 1.43 bits per heavy atom. The van der Waals surface area contributed by atoms with Gasteiger partial charge in [0.1, 0.15) is 10.1 Å². The molecule has 4 nitrogen and oxygen atoms in total. The largest absolute Gasteiger partial charge is 0.240 e. The van der Waals surface area contributed by atoms with Gasteiger partial charge in [0.25, 0.3) is 0 Å². The summed E-state index contributed by atoms with van der Waals surface area (Å²) < 4.78 is 3.74. The third-order valence-corrected chi connectivity index (χ3v) is 4.23. The minimum atomic E-state index is 0.923. The van der Waals surface area contributed by atoms with E-state index in [2.05, 4.69) is 10.2 Å². The van der Waals surface area contributed by atoms with E-state index in [1.807, 2.05) is 94.6 Å². The molecule has 0 saturated carbocycles. The maximum atomic E-state index is 4.59. The van der Waals surface area contributed by atoms with Gasteiger partial charge in [-0.3, -0.25) is 0 Å². The van der Waals surface area contributed by atoms with Crippen molar-refractivity contribution >= 4 is 11.8 Å². The molecular weight excluding hydrogens is 304 g/mol. The van der Waals surface area contributed by atoms with Crippen molar-refractivity contribution < 1.29 is 0 Å². The molecule has 0 unspecified atom stereocenters. The monoisotopic (exact) mass is 318 g/mol. The van der Waals surface area contributed by atoms with E-state index in [1.54, 1.807) is 11.8 Å². The van der Waals surface area contributed by atoms with Crippen molar-refractivity contribution in [1.29, 1.82) is 0 Å². The molecule has 0 radical (unpaired) electrons. The van der Waals surface area contributed by atoms with Crippen molar-refractivity contribution in [2.75, 3.05) is 0 Å². The Bertz CT molecular complexity index is 821. The van der Waals surface area contributed by atoms with Crippen LogP contribution in [0.4, 0.5) is 0 Å². The second-order valence-electron chi connectivity index (χ2n) is 4.97. The summed E-state index contributed by atoms with van der Waals surface area (Å²) in [6.07, 6.45) is 3.93. The lowest BCUT2D eigenvalue weighted by Crippen LogP contribution is -1.94. The zero-order valence-electron chi connectivity index (χ0n) is 12.3. The number of aromatic nitrogens is 4. The molecule has 4 rings (SSSR count). The van der Waals surface area contributed by atoms with E-state index in [1.165, 1.54) is 0 Å². The van der Waals surface area contributed by atoms with Crippen LogP contribution < -0.4 is 0 Å². The Hall–Kier alpha value is -2.79. The zero-order chi connectivity index (χ0) is 15.5. The van der Waals surface area contributed by atoms with E-state index >= 15 is 0 Å². The average Bonchev–Trinajstić information content (AvgIpc) is 3.27. The molecule has 0 spiro atoms. The highest BCUT2D eigenvalue weighted by atomic mass is 32.2. The van der Waals surface area contributed by atoms with Crippen molar-refractivity contribution in [1.82, 2.24) is 19.6 Å². The molecule has 0 aliphatic carbocycles. The van der Waals surface area contributed by atoms with Crippen LogP contribution in [-0.2, 0) is 0 Å². The van der Waals surface area contributed by atoms with Crippen molar-refractivity contribution in [2.24, 2.45) is 0 Å². The maximum absolute atomic E-state index is 4.59. The highest BCUT2D eigenvalue weighted by molar-refractivity contribution is 7.99. The smallest absolute Gasteiger partial charge is 0.125 e. The molecular formula is C18H14N4S. The molecule has 5 heteroatoms. The quantitative estimate of drug-likeness (QED) is 0.565. The standard InChI is InChI=1S/C18H14N4S/c1-3-7-15(8-4-1)21-13-11-17(19-21)23-18-12-14-22(20-18)16-9-5-2-6-10-16/h1-14H. The Morgan fingerprint density at radius 1 is 0.565 bits per heavy atom.